The van der Waals surface area contributed by atoms with E-state index < -0.39 is 48.0 Å². The molecule has 0 fully saturated rings. The van der Waals surface area contributed by atoms with Crippen LogP contribution in [0.2, 0.25) is 0 Å². The molecule has 0 saturated carbocycles. The molecule has 0 spiro atoms. The number of carboxylic acid groups (broad SMARTS) is 3. The summed E-state index contributed by atoms with van der Waals surface area (Å²) in [5, 5.41) is 33.8. The number of halogens is 2. The van der Waals surface area contributed by atoms with Crippen LogP contribution in [0.15, 0.2) is 53.5 Å². The number of aliphatic hydroxyl groups is 1. The molecule has 0 saturated heterocycles. The van der Waals surface area contributed by atoms with E-state index in [0.717, 1.165) is 37.1 Å². The number of hydrogen-bond acceptors (Lipinski definition) is 7. The lowest BCUT2D eigenvalue weighted by molar-refractivity contribution is -0.170. The van der Waals surface area contributed by atoms with Crippen molar-refractivity contribution in [3.63, 3.8) is 0 Å². The van der Waals surface area contributed by atoms with Crippen molar-refractivity contribution in [2.45, 2.75) is 51.4 Å². The molecule has 1 aromatic carbocycles. The second-order valence-electron chi connectivity index (χ2n) is 8.59. The van der Waals surface area contributed by atoms with Gasteiger partial charge in [0.1, 0.15) is 23.2 Å². The Labute approximate surface area is 216 Å². The van der Waals surface area contributed by atoms with Crippen LogP contribution in [0.3, 0.4) is 0 Å². The van der Waals surface area contributed by atoms with E-state index in [1.807, 2.05) is 29.8 Å². The monoisotopic (exact) mass is 537 g/mol. The highest BCUT2D eigenvalue weighted by Crippen LogP contribution is 2.17. The Morgan fingerprint density at radius 2 is 1.74 bits per heavy atom. The molecule has 3 aromatic rings. The first-order valence-corrected chi connectivity index (χ1v) is 11.4. The third-order valence-electron chi connectivity index (χ3n) is 5.32. The summed E-state index contributed by atoms with van der Waals surface area (Å²) in [6.45, 7) is 4.46. The number of aliphatic carboxylic acids is 3. The SMILES string of the molecule is Cc1ccc(CN(CCCn2ccnc2)Cc2ccc(F)cc2F)o1.O=C(O)CC(O)(CC(=O)O)C(=O)O. The summed E-state index contributed by atoms with van der Waals surface area (Å²) in [4.78, 5) is 36.6. The smallest absolute Gasteiger partial charge is 0.336 e. The van der Waals surface area contributed by atoms with E-state index in [0.29, 0.717) is 18.7 Å². The molecule has 3 rings (SSSR count). The van der Waals surface area contributed by atoms with Gasteiger partial charge in [-0.05, 0) is 31.5 Å². The second-order valence-corrected chi connectivity index (χ2v) is 8.59. The number of carboxylic acids is 3. The maximum atomic E-state index is 14.0. The van der Waals surface area contributed by atoms with E-state index >= 15 is 0 Å². The zero-order valence-electron chi connectivity index (χ0n) is 20.6. The highest BCUT2D eigenvalue weighted by atomic mass is 19.1. The Morgan fingerprint density at radius 1 is 1.05 bits per heavy atom. The molecule has 4 N–H and O–H groups in total. The molecule has 13 heteroatoms. The topological polar surface area (TPSA) is 166 Å². The average molecular weight is 538 g/mol. The predicted molar refractivity (Wildman–Crippen MR) is 128 cm³/mol. The van der Waals surface area contributed by atoms with Crippen molar-refractivity contribution in [3.8, 4) is 0 Å². The summed E-state index contributed by atoms with van der Waals surface area (Å²) in [5.41, 5.74) is -2.26. The fourth-order valence-electron chi connectivity index (χ4n) is 3.51. The molecule has 38 heavy (non-hydrogen) atoms. The number of aromatic nitrogens is 2. The summed E-state index contributed by atoms with van der Waals surface area (Å²) in [7, 11) is 0. The van der Waals surface area contributed by atoms with Crippen molar-refractivity contribution in [1.29, 1.82) is 0 Å². The van der Waals surface area contributed by atoms with E-state index in [4.69, 9.17) is 24.8 Å². The van der Waals surface area contributed by atoms with Crippen LogP contribution in [0.5, 0.6) is 0 Å². The molecule has 206 valence electrons. The van der Waals surface area contributed by atoms with Crippen LogP contribution < -0.4 is 0 Å². The van der Waals surface area contributed by atoms with Gasteiger partial charge in [-0.15, -0.1) is 0 Å². The molecule has 0 aliphatic carbocycles. The van der Waals surface area contributed by atoms with Gasteiger partial charge in [-0.3, -0.25) is 14.5 Å². The van der Waals surface area contributed by atoms with E-state index in [2.05, 4.69) is 9.88 Å². The van der Waals surface area contributed by atoms with Crippen molar-refractivity contribution < 1.29 is 48.0 Å². The Balaban J connectivity index is 0.000000332. The minimum absolute atomic E-state index is 0.399. The summed E-state index contributed by atoms with van der Waals surface area (Å²) in [5.74, 6) is -4.41. The van der Waals surface area contributed by atoms with Gasteiger partial charge < -0.3 is 29.4 Å². The average Bonchev–Trinajstić information content (AvgIpc) is 3.46. The van der Waals surface area contributed by atoms with Crippen LogP contribution in [0.25, 0.3) is 0 Å². The summed E-state index contributed by atoms with van der Waals surface area (Å²) < 4.78 is 34.8. The number of imidazole rings is 1. The van der Waals surface area contributed by atoms with Gasteiger partial charge >= 0.3 is 17.9 Å². The van der Waals surface area contributed by atoms with Crippen LogP contribution >= 0.6 is 0 Å². The first kappa shape index (κ1) is 30.1. The minimum Gasteiger partial charge on any atom is -0.481 e. The molecule has 0 radical (unpaired) electrons. The molecule has 0 aliphatic rings. The summed E-state index contributed by atoms with van der Waals surface area (Å²) in [6, 6.07) is 7.56. The van der Waals surface area contributed by atoms with Gasteiger partial charge in [-0.25, -0.2) is 18.6 Å². The lowest BCUT2D eigenvalue weighted by Crippen LogP contribution is -2.42. The van der Waals surface area contributed by atoms with Gasteiger partial charge in [-0.2, -0.15) is 0 Å². The maximum absolute atomic E-state index is 14.0. The van der Waals surface area contributed by atoms with Gasteiger partial charge in [0.05, 0.1) is 25.7 Å². The number of hydrogen-bond donors (Lipinski definition) is 4. The van der Waals surface area contributed by atoms with Crippen molar-refractivity contribution >= 4 is 17.9 Å². The molecular weight excluding hydrogens is 508 g/mol. The van der Waals surface area contributed by atoms with E-state index in [1.54, 1.807) is 12.5 Å². The highest BCUT2D eigenvalue weighted by molar-refractivity contribution is 5.88. The quantitative estimate of drug-likeness (QED) is 0.255. The van der Waals surface area contributed by atoms with Crippen LogP contribution in [0.1, 0.15) is 36.3 Å². The Kier molecular flexibility index (Phi) is 11.1. The van der Waals surface area contributed by atoms with Crippen LogP contribution in [0, 0.1) is 18.6 Å². The van der Waals surface area contributed by atoms with E-state index in [-0.39, 0.29) is 0 Å². The molecule has 2 aromatic heterocycles. The molecule has 0 atom stereocenters. The first-order chi connectivity index (χ1) is 17.9. The van der Waals surface area contributed by atoms with Crippen LogP contribution in [-0.4, -0.2) is 64.9 Å². The van der Waals surface area contributed by atoms with Gasteiger partial charge in [0.2, 0.25) is 0 Å². The summed E-state index contributed by atoms with van der Waals surface area (Å²) in [6.07, 6.45) is 4.04. The molecule has 0 unspecified atom stereocenters. The molecule has 2 heterocycles. The largest absolute Gasteiger partial charge is 0.481 e. The van der Waals surface area contributed by atoms with E-state index in [9.17, 15) is 23.2 Å². The Hall–Kier alpha value is -4.10. The molecule has 11 nitrogen and oxygen atoms in total. The predicted octanol–water partition coefficient (Wildman–Crippen LogP) is 2.91. The van der Waals surface area contributed by atoms with Crippen molar-refractivity contribution in [3.05, 3.63) is 77.8 Å². The zero-order chi connectivity index (χ0) is 28.3. The minimum atomic E-state index is -2.74. The zero-order valence-corrected chi connectivity index (χ0v) is 20.6. The number of furan rings is 1. The van der Waals surface area contributed by atoms with Crippen LogP contribution in [-0.2, 0) is 34.0 Å². The van der Waals surface area contributed by atoms with Gasteiger partial charge in [0.25, 0.3) is 0 Å². The number of benzene rings is 1. The molecule has 0 aliphatic heterocycles. The maximum Gasteiger partial charge on any atom is 0.336 e. The lowest BCUT2D eigenvalue weighted by Gasteiger charge is -2.22. The molecular formula is C25H29F2N3O8. The third-order valence-corrected chi connectivity index (χ3v) is 5.32. The van der Waals surface area contributed by atoms with Crippen molar-refractivity contribution in [2.24, 2.45) is 0 Å². The highest BCUT2D eigenvalue weighted by Gasteiger charge is 2.40. The number of aryl methyl sites for hydroxylation is 2. The third kappa shape index (κ3) is 10.1. The normalized spacial score (nSPS) is 11.2. The van der Waals surface area contributed by atoms with Gasteiger partial charge in [0, 0.05) is 43.7 Å². The number of carbonyl (C=O) groups is 3. The van der Waals surface area contributed by atoms with Crippen molar-refractivity contribution in [2.75, 3.05) is 6.54 Å². The Bertz CT molecular complexity index is 1200. The molecule has 0 amide bonds. The van der Waals surface area contributed by atoms with Gasteiger partial charge in [-0.1, -0.05) is 6.07 Å². The standard InChI is InChI=1S/C19H21F2N3O.C6H8O7/c1-15-3-6-18(25-15)13-24(9-2-8-23-10-7-22-14-23)12-16-4-5-17(20)11-19(16)21;7-3(8)1-6(13,5(11)12)2-4(9)10/h3-7,10-11,14H,2,8-9,12-13H2,1H3;13H,1-2H2,(H,7,8)(H,9,10)(H,11,12). The fourth-order valence-corrected chi connectivity index (χ4v) is 3.51. The number of rotatable bonds is 13. The van der Waals surface area contributed by atoms with Crippen molar-refractivity contribution in [1.82, 2.24) is 14.5 Å². The van der Waals surface area contributed by atoms with E-state index in [1.165, 1.54) is 12.1 Å². The molecule has 0 bridgehead atoms. The fraction of sp³-hybridized carbons (Fsp3) is 0.360. The van der Waals surface area contributed by atoms with Crippen LogP contribution in [0.4, 0.5) is 8.78 Å². The summed E-state index contributed by atoms with van der Waals surface area (Å²) >= 11 is 0. The lowest BCUT2D eigenvalue weighted by atomic mass is 9.96. The second kappa shape index (κ2) is 14.0. The van der Waals surface area contributed by atoms with Gasteiger partial charge in [0.15, 0.2) is 5.60 Å². The number of nitrogens with zero attached hydrogens (tertiary/aromatic N) is 3. The first-order valence-electron chi connectivity index (χ1n) is 11.4. The Morgan fingerprint density at radius 3 is 2.24 bits per heavy atom.